The smallest absolute Gasteiger partial charge is 0.227 e. The van der Waals surface area contributed by atoms with Gasteiger partial charge >= 0.3 is 0 Å². The fourth-order valence-electron chi connectivity index (χ4n) is 4.89. The molecule has 5 rings (SSSR count). The van der Waals surface area contributed by atoms with E-state index in [1.54, 1.807) is 6.92 Å². The second kappa shape index (κ2) is 8.44. The third kappa shape index (κ3) is 4.50. The first-order chi connectivity index (χ1) is 15.1. The number of rotatable bonds is 5. The van der Waals surface area contributed by atoms with Crippen LogP contribution in [0.25, 0.3) is 0 Å². The summed E-state index contributed by atoms with van der Waals surface area (Å²) in [7, 11) is 0. The van der Waals surface area contributed by atoms with E-state index in [1.165, 1.54) is 31.2 Å². The molecule has 7 heteroatoms. The van der Waals surface area contributed by atoms with Crippen molar-refractivity contribution in [3.63, 3.8) is 0 Å². The Bertz CT molecular complexity index is 951. The largest absolute Gasteiger partial charge is 0.343 e. The van der Waals surface area contributed by atoms with Gasteiger partial charge < -0.3 is 15.1 Å². The zero-order chi connectivity index (χ0) is 21.4. The first-order valence-corrected chi connectivity index (χ1v) is 11.7. The van der Waals surface area contributed by atoms with Crippen molar-refractivity contribution < 1.29 is 4.79 Å². The average molecular weight is 421 g/mol. The lowest BCUT2D eigenvalue weighted by Gasteiger charge is -2.31. The maximum absolute atomic E-state index is 11.7. The summed E-state index contributed by atoms with van der Waals surface area (Å²) < 4.78 is 0. The van der Waals surface area contributed by atoms with Gasteiger partial charge in [-0.2, -0.15) is 4.98 Å². The van der Waals surface area contributed by atoms with Crippen molar-refractivity contribution in [3.05, 3.63) is 35.7 Å². The minimum atomic E-state index is 0.164. The maximum atomic E-state index is 11.7. The molecule has 2 saturated heterocycles. The summed E-state index contributed by atoms with van der Waals surface area (Å²) in [5, 5.41) is 3.46. The van der Waals surface area contributed by atoms with E-state index in [9.17, 15) is 4.79 Å². The minimum absolute atomic E-state index is 0.164. The van der Waals surface area contributed by atoms with E-state index in [2.05, 4.69) is 40.3 Å². The Kier molecular flexibility index (Phi) is 5.50. The van der Waals surface area contributed by atoms with Crippen LogP contribution in [0, 0.1) is 0 Å². The Morgan fingerprint density at radius 2 is 1.81 bits per heavy atom. The van der Waals surface area contributed by atoms with Gasteiger partial charge in [0.1, 0.15) is 11.6 Å². The summed E-state index contributed by atoms with van der Waals surface area (Å²) in [6.45, 7) is 6.51. The number of pyridine rings is 1. The van der Waals surface area contributed by atoms with Crippen molar-refractivity contribution in [1.29, 1.82) is 0 Å². The molecule has 3 aliphatic rings. The summed E-state index contributed by atoms with van der Waals surface area (Å²) in [4.78, 5) is 30.4. The average Bonchev–Trinajstić information content (AvgIpc) is 3.54. The number of nitrogens with one attached hydrogen (secondary N) is 1. The standard InChI is InChI=1S/C24H32N6O/c1-16-4-3-11-30(16)24-26-21(19-8-12-29(13-9-19)17(2)31)15-23(28-24)27-22-14-20(7-10-25-22)18-5-6-18/h7,10,14-16,18-19H,3-6,8-9,11-13H2,1-2H3,(H,25,26,27,28)/t16-/m1/s1. The number of aromatic nitrogens is 3. The van der Waals surface area contributed by atoms with E-state index < -0.39 is 0 Å². The summed E-state index contributed by atoms with van der Waals surface area (Å²) in [5.74, 6) is 3.68. The molecule has 0 unspecified atom stereocenters. The monoisotopic (exact) mass is 420 g/mol. The fourth-order valence-corrected chi connectivity index (χ4v) is 4.89. The Balaban J connectivity index is 1.42. The van der Waals surface area contributed by atoms with Crippen molar-refractivity contribution in [3.8, 4) is 0 Å². The van der Waals surface area contributed by atoms with Gasteiger partial charge in [0, 0.05) is 50.8 Å². The number of likely N-dealkylation sites (tertiary alicyclic amines) is 1. The highest BCUT2D eigenvalue weighted by Crippen LogP contribution is 2.40. The van der Waals surface area contributed by atoms with Crippen molar-refractivity contribution in [2.75, 3.05) is 29.9 Å². The van der Waals surface area contributed by atoms with Gasteiger partial charge in [0.2, 0.25) is 11.9 Å². The number of anilines is 3. The first kappa shape index (κ1) is 20.2. The third-order valence-electron chi connectivity index (χ3n) is 6.99. The zero-order valence-electron chi connectivity index (χ0n) is 18.5. The molecule has 0 spiro atoms. The van der Waals surface area contributed by atoms with Gasteiger partial charge in [0.25, 0.3) is 0 Å². The minimum Gasteiger partial charge on any atom is -0.343 e. The molecule has 1 atom stereocenters. The second-order valence-corrected chi connectivity index (χ2v) is 9.32. The van der Waals surface area contributed by atoms with Crippen LogP contribution in [0.1, 0.15) is 75.5 Å². The van der Waals surface area contributed by atoms with Gasteiger partial charge in [0.05, 0.1) is 5.69 Å². The molecule has 164 valence electrons. The van der Waals surface area contributed by atoms with Crippen molar-refractivity contribution in [2.45, 2.75) is 70.3 Å². The molecule has 0 bridgehead atoms. The van der Waals surface area contributed by atoms with Crippen LogP contribution >= 0.6 is 0 Å². The van der Waals surface area contributed by atoms with E-state index >= 15 is 0 Å². The summed E-state index contributed by atoms with van der Waals surface area (Å²) in [6, 6.07) is 6.82. The fraction of sp³-hybridized carbons (Fsp3) is 0.583. The highest BCUT2D eigenvalue weighted by Gasteiger charge is 2.28. The zero-order valence-corrected chi connectivity index (χ0v) is 18.5. The van der Waals surface area contributed by atoms with Crippen LogP contribution in [0.3, 0.4) is 0 Å². The van der Waals surface area contributed by atoms with Crippen molar-refractivity contribution in [2.24, 2.45) is 0 Å². The van der Waals surface area contributed by atoms with Gasteiger partial charge in [-0.3, -0.25) is 4.79 Å². The van der Waals surface area contributed by atoms with Gasteiger partial charge in [-0.25, -0.2) is 9.97 Å². The highest BCUT2D eigenvalue weighted by molar-refractivity contribution is 5.73. The van der Waals surface area contributed by atoms with Crippen molar-refractivity contribution in [1.82, 2.24) is 19.9 Å². The molecule has 1 amide bonds. The van der Waals surface area contributed by atoms with Gasteiger partial charge in [0.15, 0.2) is 0 Å². The number of amides is 1. The molecule has 1 N–H and O–H groups in total. The second-order valence-electron chi connectivity index (χ2n) is 9.32. The van der Waals surface area contributed by atoms with Crippen molar-refractivity contribution >= 4 is 23.5 Å². The number of carbonyl (C=O) groups is 1. The van der Waals surface area contributed by atoms with Gasteiger partial charge in [-0.05, 0) is 69.1 Å². The first-order valence-electron chi connectivity index (χ1n) is 11.7. The van der Waals surface area contributed by atoms with Crippen LogP contribution in [0.5, 0.6) is 0 Å². The van der Waals surface area contributed by atoms with Crippen LogP contribution in [0.15, 0.2) is 24.4 Å². The summed E-state index contributed by atoms with van der Waals surface area (Å²) in [5.41, 5.74) is 2.44. The molecule has 2 aliphatic heterocycles. The number of hydrogen-bond acceptors (Lipinski definition) is 6. The number of hydrogen-bond donors (Lipinski definition) is 1. The molecule has 31 heavy (non-hydrogen) atoms. The van der Waals surface area contributed by atoms with Gasteiger partial charge in [-0.15, -0.1) is 0 Å². The van der Waals surface area contributed by atoms with E-state index in [-0.39, 0.29) is 5.91 Å². The molecule has 7 nitrogen and oxygen atoms in total. The van der Waals surface area contributed by atoms with Gasteiger partial charge in [-0.1, -0.05) is 0 Å². The maximum Gasteiger partial charge on any atom is 0.227 e. The molecule has 4 heterocycles. The molecule has 3 fully saturated rings. The number of carbonyl (C=O) groups excluding carboxylic acids is 1. The molecule has 1 saturated carbocycles. The Morgan fingerprint density at radius 1 is 1.00 bits per heavy atom. The predicted octanol–water partition coefficient (Wildman–Crippen LogP) is 4.21. The lowest BCUT2D eigenvalue weighted by Crippen LogP contribution is -2.36. The topological polar surface area (TPSA) is 74.2 Å². The lowest BCUT2D eigenvalue weighted by molar-refractivity contribution is -0.129. The van der Waals surface area contributed by atoms with E-state index in [0.29, 0.717) is 17.9 Å². The Hall–Kier alpha value is -2.70. The van der Waals surface area contributed by atoms with Crippen LogP contribution in [-0.2, 0) is 4.79 Å². The molecule has 0 radical (unpaired) electrons. The van der Waals surface area contributed by atoms with Crippen LogP contribution < -0.4 is 10.2 Å². The predicted molar refractivity (Wildman–Crippen MR) is 122 cm³/mol. The van der Waals surface area contributed by atoms with E-state index in [1.807, 2.05) is 11.1 Å². The quantitative estimate of drug-likeness (QED) is 0.781. The number of nitrogens with zero attached hydrogens (tertiary/aromatic N) is 5. The molecule has 0 aromatic carbocycles. The summed E-state index contributed by atoms with van der Waals surface area (Å²) >= 11 is 0. The molecule has 2 aromatic heterocycles. The lowest BCUT2D eigenvalue weighted by atomic mass is 9.93. The molecule has 2 aromatic rings. The van der Waals surface area contributed by atoms with E-state index in [4.69, 9.17) is 9.97 Å². The highest BCUT2D eigenvalue weighted by atomic mass is 16.2. The van der Waals surface area contributed by atoms with Crippen LogP contribution in [0.4, 0.5) is 17.6 Å². The Morgan fingerprint density at radius 3 is 2.48 bits per heavy atom. The summed E-state index contributed by atoms with van der Waals surface area (Å²) in [6.07, 6.45) is 8.69. The number of piperidine rings is 1. The SMILES string of the molecule is CC(=O)N1CCC(c2cc(Nc3cc(C4CC4)ccn3)nc(N3CCC[C@H]3C)n2)CC1. The van der Waals surface area contributed by atoms with Crippen LogP contribution in [-0.4, -0.2) is 51.4 Å². The third-order valence-corrected chi connectivity index (χ3v) is 6.99. The van der Waals surface area contributed by atoms with E-state index in [0.717, 1.165) is 55.8 Å². The Labute approximate surface area is 184 Å². The molecule has 1 aliphatic carbocycles. The van der Waals surface area contributed by atoms with Crippen LogP contribution in [0.2, 0.25) is 0 Å². The molecular formula is C24H32N6O. The molecular weight excluding hydrogens is 388 g/mol. The normalized spacial score (nSPS) is 22.1.